The summed E-state index contributed by atoms with van der Waals surface area (Å²) >= 11 is 0. The number of phenols is 1. The van der Waals surface area contributed by atoms with Crippen LogP contribution >= 0.6 is 0 Å². The van der Waals surface area contributed by atoms with Crippen LogP contribution in [0, 0.1) is 0 Å². The maximum absolute atomic E-state index is 13.4. The van der Waals surface area contributed by atoms with Crippen molar-refractivity contribution in [2.45, 2.75) is 58.8 Å². The number of aromatic nitrogens is 2. The Morgan fingerprint density at radius 2 is 2.06 bits per heavy atom. The van der Waals surface area contributed by atoms with E-state index in [-0.39, 0.29) is 22.8 Å². The Balaban J connectivity index is 1.31. The van der Waals surface area contributed by atoms with Crippen LogP contribution in [0.25, 0.3) is 10.9 Å². The average Bonchev–Trinajstić information content (AvgIpc) is 3.52. The Morgan fingerprint density at radius 3 is 2.81 bits per heavy atom. The molecule has 1 amide bonds. The zero-order chi connectivity index (χ0) is 25.4. The topological polar surface area (TPSA) is 112 Å². The van der Waals surface area contributed by atoms with Crippen LogP contribution in [0.3, 0.4) is 0 Å². The van der Waals surface area contributed by atoms with E-state index in [4.69, 9.17) is 9.47 Å². The molecule has 2 aliphatic rings. The van der Waals surface area contributed by atoms with Crippen LogP contribution in [0.2, 0.25) is 0 Å². The zero-order valence-electron chi connectivity index (χ0n) is 21.2. The molecule has 1 aromatic heterocycles. The van der Waals surface area contributed by atoms with Crippen LogP contribution < -0.4 is 10.1 Å². The number of nitrogens with zero attached hydrogens (tertiary/aromatic N) is 3. The van der Waals surface area contributed by atoms with Gasteiger partial charge in [0.2, 0.25) is 0 Å². The fraction of sp³-hybridized carbons (Fsp3) is 0.444. The van der Waals surface area contributed by atoms with Crippen molar-refractivity contribution < 1.29 is 19.4 Å². The maximum Gasteiger partial charge on any atom is 0.258 e. The molecule has 0 radical (unpaired) electrons. The number of benzene rings is 2. The van der Waals surface area contributed by atoms with Crippen LogP contribution in [-0.4, -0.2) is 63.3 Å². The second kappa shape index (κ2) is 9.46. The van der Waals surface area contributed by atoms with E-state index in [9.17, 15) is 9.90 Å². The molecule has 0 bridgehead atoms. The molecule has 0 saturated heterocycles. The lowest BCUT2D eigenvalue weighted by Gasteiger charge is -2.16. The highest BCUT2D eigenvalue weighted by Crippen LogP contribution is 2.32. The van der Waals surface area contributed by atoms with Gasteiger partial charge in [-0.25, -0.2) is 4.99 Å². The summed E-state index contributed by atoms with van der Waals surface area (Å²) in [6.07, 6.45) is 0.423. The van der Waals surface area contributed by atoms with Crippen LogP contribution in [0.1, 0.15) is 54.9 Å². The molecule has 0 saturated carbocycles. The van der Waals surface area contributed by atoms with Gasteiger partial charge in [-0.15, -0.1) is 0 Å². The highest BCUT2D eigenvalue weighted by molar-refractivity contribution is 6.02. The summed E-state index contributed by atoms with van der Waals surface area (Å²) in [7, 11) is 0. The van der Waals surface area contributed by atoms with Crippen molar-refractivity contribution in [3.05, 3.63) is 52.7 Å². The van der Waals surface area contributed by atoms with Gasteiger partial charge < -0.3 is 24.8 Å². The van der Waals surface area contributed by atoms with Crippen molar-refractivity contribution in [2.24, 2.45) is 4.99 Å². The molecule has 0 aliphatic carbocycles. The second-order valence-corrected chi connectivity index (χ2v) is 10.4. The molecule has 0 spiro atoms. The Bertz CT molecular complexity index is 1330. The number of H-pyrrole nitrogens is 1. The number of amides is 1. The van der Waals surface area contributed by atoms with Crippen molar-refractivity contribution in [3.8, 4) is 11.5 Å². The van der Waals surface area contributed by atoms with Crippen molar-refractivity contribution in [2.75, 3.05) is 19.8 Å². The smallest absolute Gasteiger partial charge is 0.258 e. The highest BCUT2D eigenvalue weighted by atomic mass is 16.5. The number of phenolic OH excluding ortho intramolecular Hbond substituents is 1. The fourth-order valence-corrected chi connectivity index (χ4v) is 4.60. The number of aliphatic imine (C=N–C) groups is 1. The van der Waals surface area contributed by atoms with Gasteiger partial charge in [-0.05, 0) is 43.2 Å². The van der Waals surface area contributed by atoms with Gasteiger partial charge in [0, 0.05) is 37.1 Å². The van der Waals surface area contributed by atoms with Gasteiger partial charge in [0.05, 0.1) is 28.7 Å². The Kier molecular flexibility index (Phi) is 6.34. The van der Waals surface area contributed by atoms with Crippen molar-refractivity contribution in [3.63, 3.8) is 0 Å². The van der Waals surface area contributed by atoms with Gasteiger partial charge in [0.15, 0.2) is 5.90 Å². The molecule has 2 aromatic carbocycles. The van der Waals surface area contributed by atoms with E-state index < -0.39 is 0 Å². The molecule has 0 fully saturated rings. The molecule has 5 rings (SSSR count). The zero-order valence-corrected chi connectivity index (χ0v) is 21.2. The first kappa shape index (κ1) is 24.1. The molecule has 3 N–H and O–H groups in total. The standard InChI is InChI=1S/C27H33N5O4/c1-16(2)28-7-8-35-19-6-5-17-13-32(14-18(17)9-19)26(34)21-10-20-22(11-24(21)33)30-31-23(20)12-25-29-27(3,4)15-36-25/h5-6,9-11,16,28,33H,7-8,12-15H2,1-4H3,(H,30,31). The van der Waals surface area contributed by atoms with E-state index >= 15 is 0 Å². The number of carbonyl (C=O) groups is 1. The number of carbonyl (C=O) groups excluding carboxylic acids is 1. The van der Waals surface area contributed by atoms with Gasteiger partial charge in [0.25, 0.3) is 5.91 Å². The van der Waals surface area contributed by atoms with Crippen molar-refractivity contribution in [1.29, 1.82) is 0 Å². The van der Waals surface area contributed by atoms with Crippen LogP contribution in [0.5, 0.6) is 11.5 Å². The molecule has 0 atom stereocenters. The first-order chi connectivity index (χ1) is 17.2. The maximum atomic E-state index is 13.4. The van der Waals surface area contributed by atoms with Gasteiger partial charge >= 0.3 is 0 Å². The number of aromatic hydroxyl groups is 1. The molecule has 3 aromatic rings. The van der Waals surface area contributed by atoms with E-state index in [1.54, 1.807) is 17.0 Å². The first-order valence-electron chi connectivity index (χ1n) is 12.4. The van der Waals surface area contributed by atoms with Gasteiger partial charge in [-0.3, -0.25) is 9.89 Å². The number of ether oxygens (including phenoxy) is 2. The summed E-state index contributed by atoms with van der Waals surface area (Å²) in [5.41, 5.74) is 3.54. The highest BCUT2D eigenvalue weighted by Gasteiger charge is 2.29. The lowest BCUT2D eigenvalue weighted by atomic mass is 10.1. The van der Waals surface area contributed by atoms with Gasteiger partial charge in [-0.2, -0.15) is 5.10 Å². The Labute approximate surface area is 210 Å². The van der Waals surface area contributed by atoms with Gasteiger partial charge in [0.1, 0.15) is 24.7 Å². The average molecular weight is 492 g/mol. The number of nitrogens with one attached hydrogen (secondary N) is 2. The predicted octanol–water partition coefficient (Wildman–Crippen LogP) is 3.55. The fourth-order valence-electron chi connectivity index (χ4n) is 4.60. The summed E-state index contributed by atoms with van der Waals surface area (Å²) in [6, 6.07) is 9.64. The van der Waals surface area contributed by atoms with E-state index in [1.165, 1.54) is 0 Å². The lowest BCUT2D eigenvalue weighted by molar-refractivity contribution is 0.0748. The molecule has 190 valence electrons. The predicted molar refractivity (Wildman–Crippen MR) is 138 cm³/mol. The third-order valence-electron chi connectivity index (χ3n) is 6.44. The van der Waals surface area contributed by atoms with E-state index in [0.717, 1.165) is 34.5 Å². The third kappa shape index (κ3) is 5.02. The molecular weight excluding hydrogens is 458 g/mol. The Hall–Kier alpha value is -3.59. The quantitative estimate of drug-likeness (QED) is 0.416. The monoisotopic (exact) mass is 491 g/mol. The number of hydrogen-bond acceptors (Lipinski definition) is 7. The molecule has 36 heavy (non-hydrogen) atoms. The van der Waals surface area contributed by atoms with Crippen LogP contribution in [0.15, 0.2) is 35.3 Å². The molecule has 2 aliphatic heterocycles. The number of hydrogen-bond donors (Lipinski definition) is 3. The minimum absolute atomic E-state index is 0.0732. The van der Waals surface area contributed by atoms with Crippen molar-refractivity contribution >= 4 is 22.7 Å². The molecule has 3 heterocycles. The van der Waals surface area contributed by atoms with E-state index in [0.29, 0.717) is 50.2 Å². The van der Waals surface area contributed by atoms with Gasteiger partial charge in [-0.1, -0.05) is 19.9 Å². The van der Waals surface area contributed by atoms with E-state index in [1.807, 2.05) is 32.0 Å². The SMILES string of the molecule is CC(C)NCCOc1ccc2c(c1)CN(C(=O)c1cc3c(CC4=NC(C)(C)CO4)n[nH]c3cc1O)C2. The van der Waals surface area contributed by atoms with Crippen LogP contribution in [0.4, 0.5) is 0 Å². The van der Waals surface area contributed by atoms with Crippen LogP contribution in [-0.2, 0) is 24.2 Å². The van der Waals surface area contributed by atoms with Crippen molar-refractivity contribution in [1.82, 2.24) is 20.4 Å². The summed E-state index contributed by atoms with van der Waals surface area (Å²) in [5, 5.41) is 22.1. The number of aromatic amines is 1. The molecule has 9 heteroatoms. The minimum atomic E-state index is -0.249. The normalized spacial score (nSPS) is 16.4. The lowest BCUT2D eigenvalue weighted by Crippen LogP contribution is -2.27. The minimum Gasteiger partial charge on any atom is -0.507 e. The second-order valence-electron chi connectivity index (χ2n) is 10.4. The summed E-state index contributed by atoms with van der Waals surface area (Å²) < 4.78 is 11.6. The summed E-state index contributed by atoms with van der Waals surface area (Å²) in [6.45, 7) is 11.1. The summed E-state index contributed by atoms with van der Waals surface area (Å²) in [4.78, 5) is 19.8. The third-order valence-corrected chi connectivity index (χ3v) is 6.44. The largest absolute Gasteiger partial charge is 0.507 e. The number of fused-ring (bicyclic) bond motifs is 2. The molecule has 9 nitrogen and oxygen atoms in total. The molecular formula is C27H33N5O4. The summed E-state index contributed by atoms with van der Waals surface area (Å²) in [5.74, 6) is 1.12. The first-order valence-corrected chi connectivity index (χ1v) is 12.4. The number of rotatable bonds is 8. The molecule has 0 unspecified atom stereocenters. The Morgan fingerprint density at radius 1 is 1.25 bits per heavy atom. The van der Waals surface area contributed by atoms with E-state index in [2.05, 4.69) is 34.4 Å².